The Bertz CT molecular complexity index is 855. The first-order valence-electron chi connectivity index (χ1n) is 9.20. The fourth-order valence-corrected chi connectivity index (χ4v) is 3.73. The molecule has 19 heteroatoms. The van der Waals surface area contributed by atoms with Gasteiger partial charge in [-0.2, -0.15) is 57.1 Å². The third kappa shape index (κ3) is 7.27. The number of nitrogens with one attached hydrogen (secondary N) is 1. The van der Waals surface area contributed by atoms with E-state index in [9.17, 15) is 65.5 Å². The summed E-state index contributed by atoms with van der Waals surface area (Å²) in [7, 11) is -1.81. The Morgan fingerprint density at radius 3 is 1.66 bits per heavy atom. The molecule has 0 aromatic rings. The summed E-state index contributed by atoms with van der Waals surface area (Å²) in [5.74, 6) is -40.1. The predicted molar refractivity (Wildman–Crippen MR) is 95.4 cm³/mol. The maximum absolute atomic E-state index is 13.7. The van der Waals surface area contributed by atoms with Crippen molar-refractivity contribution in [3.63, 3.8) is 0 Å². The molecule has 0 saturated heterocycles. The highest BCUT2D eigenvalue weighted by Crippen LogP contribution is 2.60. The number of sulfonamides is 1. The minimum Gasteiger partial charge on any atom is -0.507 e. The van der Waals surface area contributed by atoms with Crippen molar-refractivity contribution < 1.29 is 75.1 Å². The first-order chi connectivity index (χ1) is 15.1. The molecule has 0 aliphatic rings. The van der Waals surface area contributed by atoms with Gasteiger partial charge in [-0.3, -0.25) is 0 Å². The third-order valence-electron chi connectivity index (χ3n) is 4.56. The van der Waals surface area contributed by atoms with Gasteiger partial charge in [0.1, 0.15) is 12.3 Å². The van der Waals surface area contributed by atoms with Gasteiger partial charge in [0, 0.05) is 19.4 Å². The van der Waals surface area contributed by atoms with Gasteiger partial charge >= 0.3 is 35.8 Å². The molecule has 210 valence electrons. The Balaban J connectivity index is 5.46. The first-order valence-corrected chi connectivity index (χ1v) is 10.8. The summed E-state index contributed by atoms with van der Waals surface area (Å²) in [4.78, 5) is 0. The van der Waals surface area contributed by atoms with Crippen LogP contribution in [0.1, 0.15) is 12.8 Å². The number of quaternary nitrogens is 1. The van der Waals surface area contributed by atoms with Crippen molar-refractivity contribution in [3.8, 4) is 0 Å². The number of aliphatic hydroxyl groups excluding tert-OH is 1. The Kier molecular flexibility index (Phi) is 9.67. The molecule has 35 heavy (non-hydrogen) atoms. The average Bonchev–Trinajstić information content (AvgIpc) is 2.61. The molecule has 2 N–H and O–H groups in total. The van der Waals surface area contributed by atoms with E-state index < -0.39 is 64.5 Å². The lowest BCUT2D eigenvalue weighted by molar-refractivity contribution is -0.886. The van der Waals surface area contributed by atoms with Crippen molar-refractivity contribution in [2.24, 2.45) is 0 Å². The highest BCUT2D eigenvalue weighted by molar-refractivity contribution is 7.89. The van der Waals surface area contributed by atoms with Crippen LogP contribution in [0.5, 0.6) is 0 Å². The van der Waals surface area contributed by atoms with Crippen LogP contribution in [0.2, 0.25) is 0 Å². The molecule has 0 amide bonds. The summed E-state index contributed by atoms with van der Waals surface area (Å²) in [6, 6.07) is 0. The summed E-state index contributed by atoms with van der Waals surface area (Å²) >= 11 is 0. The molecule has 0 bridgehead atoms. The van der Waals surface area contributed by atoms with Gasteiger partial charge in [0.15, 0.2) is 0 Å². The van der Waals surface area contributed by atoms with Crippen molar-refractivity contribution >= 4 is 10.0 Å². The van der Waals surface area contributed by atoms with Gasteiger partial charge in [-0.25, -0.2) is 13.1 Å². The van der Waals surface area contributed by atoms with Gasteiger partial charge in [0.2, 0.25) is 10.0 Å². The van der Waals surface area contributed by atoms with Crippen LogP contribution in [0.15, 0.2) is 12.3 Å². The topological polar surface area (TPSA) is 66.4 Å². The fourth-order valence-electron chi connectivity index (χ4n) is 2.60. The van der Waals surface area contributed by atoms with Crippen LogP contribution in [0.4, 0.5) is 57.1 Å². The molecule has 0 aromatic heterocycles. The van der Waals surface area contributed by atoms with Gasteiger partial charge in [-0.1, -0.05) is 6.58 Å². The van der Waals surface area contributed by atoms with Crippen molar-refractivity contribution in [2.45, 2.75) is 48.6 Å². The van der Waals surface area contributed by atoms with E-state index in [-0.39, 0.29) is 29.8 Å². The highest BCUT2D eigenvalue weighted by atomic mass is 32.2. The molecule has 5 nitrogen and oxygen atoms in total. The molecular weight excluding hydrogens is 547 g/mol. The molecule has 0 aromatic carbocycles. The van der Waals surface area contributed by atoms with Gasteiger partial charge in [-0.05, 0) is 0 Å². The molecule has 0 aliphatic carbocycles. The average molecular weight is 569 g/mol. The molecule has 0 aliphatic heterocycles. The highest BCUT2D eigenvalue weighted by Gasteiger charge is 2.90. The van der Waals surface area contributed by atoms with Crippen molar-refractivity contribution in [3.05, 3.63) is 12.3 Å². The standard InChI is InChI=1S/C16H21F13N2O3S/c1-10(32)9-31(2,3)7-4-6-30-35(33,34)8-5-11(17,18)12(19,20)13(21,22)14(23,24)15(25,26)16(27,28)29/h30H,1,4-9H2,2-3H3/p+1. The maximum atomic E-state index is 13.7. The van der Waals surface area contributed by atoms with E-state index in [0.29, 0.717) is 0 Å². The van der Waals surface area contributed by atoms with Crippen molar-refractivity contribution in [1.29, 1.82) is 0 Å². The number of hydrogen-bond donors (Lipinski definition) is 2. The number of aliphatic hydroxyl groups is 1. The number of halogens is 13. The van der Waals surface area contributed by atoms with E-state index >= 15 is 0 Å². The summed E-state index contributed by atoms with van der Waals surface area (Å²) in [6.45, 7) is 2.89. The van der Waals surface area contributed by atoms with Crippen LogP contribution in [0.25, 0.3) is 0 Å². The monoisotopic (exact) mass is 569 g/mol. The zero-order valence-electron chi connectivity index (χ0n) is 18.0. The summed E-state index contributed by atoms with van der Waals surface area (Å²) in [6.07, 6.45) is -10.4. The molecule has 0 rings (SSSR count). The maximum Gasteiger partial charge on any atom is 0.460 e. The number of alkyl halides is 13. The Morgan fingerprint density at radius 2 is 1.26 bits per heavy atom. The van der Waals surface area contributed by atoms with E-state index in [1.165, 1.54) is 0 Å². The van der Waals surface area contributed by atoms with Crippen LogP contribution in [-0.4, -0.2) is 93.3 Å². The summed E-state index contributed by atoms with van der Waals surface area (Å²) in [5, 5.41) is 9.13. The number of hydrogen-bond acceptors (Lipinski definition) is 3. The molecule has 0 heterocycles. The van der Waals surface area contributed by atoms with E-state index in [1.807, 2.05) is 0 Å². The second-order valence-corrected chi connectivity index (χ2v) is 10.1. The molecule has 0 atom stereocenters. The molecule has 0 fully saturated rings. The van der Waals surface area contributed by atoms with E-state index in [1.54, 1.807) is 18.8 Å². The lowest BCUT2D eigenvalue weighted by atomic mass is 9.93. The smallest absolute Gasteiger partial charge is 0.460 e. The SMILES string of the molecule is C=C(O)C[N+](C)(C)CCCNS(=O)(=O)CCC(F)(F)C(F)(F)C(F)(F)C(F)(F)C(F)(F)C(F)(F)F. The summed E-state index contributed by atoms with van der Waals surface area (Å²) < 4.78 is 194. The minimum atomic E-state index is -8.03. The Labute approximate surface area is 191 Å². The normalized spacial score (nSPS) is 15.4. The van der Waals surface area contributed by atoms with E-state index in [4.69, 9.17) is 5.11 Å². The van der Waals surface area contributed by atoms with Gasteiger partial charge in [0.05, 0.1) is 26.4 Å². The summed E-state index contributed by atoms with van der Waals surface area (Å²) in [5.41, 5.74) is 0. The molecule has 0 spiro atoms. The molecular formula is C16H22F13N2O3S+. The van der Waals surface area contributed by atoms with Crippen molar-refractivity contribution in [2.75, 3.05) is 39.5 Å². The zero-order chi connectivity index (χ0) is 28.5. The lowest BCUT2D eigenvalue weighted by Crippen LogP contribution is -2.70. The third-order valence-corrected chi connectivity index (χ3v) is 5.94. The quantitative estimate of drug-likeness (QED) is 0.140. The largest absolute Gasteiger partial charge is 0.507 e. The Hall–Kier alpha value is -1.50. The lowest BCUT2D eigenvalue weighted by Gasteiger charge is -2.39. The van der Waals surface area contributed by atoms with Crippen molar-refractivity contribution in [1.82, 2.24) is 4.72 Å². The first kappa shape index (κ1) is 33.5. The van der Waals surface area contributed by atoms with Gasteiger partial charge in [0.25, 0.3) is 0 Å². The second-order valence-electron chi connectivity index (χ2n) is 8.20. The molecule has 0 radical (unpaired) electrons. The van der Waals surface area contributed by atoms with E-state index in [2.05, 4.69) is 6.58 Å². The van der Waals surface area contributed by atoms with Gasteiger partial charge in [-0.15, -0.1) is 0 Å². The molecule has 0 unspecified atom stereocenters. The van der Waals surface area contributed by atoms with Crippen LogP contribution in [0, 0.1) is 0 Å². The fraction of sp³-hybridized carbons (Fsp3) is 0.875. The second kappa shape index (κ2) is 10.1. The van der Waals surface area contributed by atoms with Crippen LogP contribution in [-0.2, 0) is 10.0 Å². The predicted octanol–water partition coefficient (Wildman–Crippen LogP) is 4.57. The minimum absolute atomic E-state index is 0.0281. The Morgan fingerprint density at radius 1 is 0.829 bits per heavy atom. The van der Waals surface area contributed by atoms with Gasteiger partial charge < -0.3 is 9.59 Å². The van der Waals surface area contributed by atoms with Crippen LogP contribution in [0.3, 0.4) is 0 Å². The molecule has 0 saturated carbocycles. The zero-order valence-corrected chi connectivity index (χ0v) is 18.8. The van der Waals surface area contributed by atoms with E-state index in [0.717, 1.165) is 0 Å². The van der Waals surface area contributed by atoms with Crippen LogP contribution < -0.4 is 4.72 Å². The van der Waals surface area contributed by atoms with Crippen LogP contribution >= 0.6 is 0 Å². The number of rotatable bonds is 14. The number of likely N-dealkylation sites (N-methyl/N-ethyl adjacent to an activating group) is 1. The number of nitrogens with zero attached hydrogens (tertiary/aromatic N) is 1.